The fourth-order valence-electron chi connectivity index (χ4n) is 2.20. The predicted octanol–water partition coefficient (Wildman–Crippen LogP) is 2.59. The van der Waals surface area contributed by atoms with E-state index < -0.39 is 0 Å². The molecule has 1 amide bonds. The van der Waals surface area contributed by atoms with Crippen LogP contribution in [0.2, 0.25) is 0 Å². The molecular formula is C16H26N2O2. The van der Waals surface area contributed by atoms with Gasteiger partial charge in [-0.3, -0.25) is 4.79 Å². The van der Waals surface area contributed by atoms with Crippen LogP contribution < -0.4 is 5.73 Å². The van der Waals surface area contributed by atoms with Crippen LogP contribution in [0.15, 0.2) is 18.2 Å². The van der Waals surface area contributed by atoms with Gasteiger partial charge in [0.25, 0.3) is 5.91 Å². The first-order valence-electron chi connectivity index (χ1n) is 7.37. The third kappa shape index (κ3) is 4.53. The summed E-state index contributed by atoms with van der Waals surface area (Å²) >= 11 is 0. The molecule has 0 aromatic heterocycles. The molecule has 1 aromatic rings. The van der Waals surface area contributed by atoms with Crippen molar-refractivity contribution in [1.29, 1.82) is 0 Å². The molecule has 20 heavy (non-hydrogen) atoms. The maximum absolute atomic E-state index is 12.5. The van der Waals surface area contributed by atoms with Crippen molar-refractivity contribution in [1.82, 2.24) is 4.90 Å². The molecule has 0 unspecified atom stereocenters. The molecule has 1 rings (SSSR count). The van der Waals surface area contributed by atoms with Crippen LogP contribution in [0.1, 0.15) is 48.5 Å². The molecule has 0 saturated heterocycles. The molecule has 0 fully saturated rings. The highest BCUT2D eigenvalue weighted by Crippen LogP contribution is 2.18. The minimum Gasteiger partial charge on any atom is -0.398 e. The van der Waals surface area contributed by atoms with Crippen LogP contribution in [0, 0.1) is 6.92 Å². The summed E-state index contributed by atoms with van der Waals surface area (Å²) in [6.45, 7) is 5.06. The summed E-state index contributed by atoms with van der Waals surface area (Å²) in [5.41, 5.74) is 7.96. The highest BCUT2D eigenvalue weighted by Gasteiger charge is 2.17. The summed E-state index contributed by atoms with van der Waals surface area (Å²) < 4.78 is 0. The van der Waals surface area contributed by atoms with Crippen molar-refractivity contribution in [3.8, 4) is 0 Å². The topological polar surface area (TPSA) is 66.6 Å². The Bertz CT molecular complexity index is 432. The molecule has 0 aliphatic heterocycles. The summed E-state index contributed by atoms with van der Waals surface area (Å²) in [6.07, 6.45) is 4.41. The molecule has 4 heteroatoms. The summed E-state index contributed by atoms with van der Waals surface area (Å²) in [5, 5.41) is 9.13. The molecule has 3 N–H and O–H groups in total. The number of benzene rings is 1. The van der Waals surface area contributed by atoms with Gasteiger partial charge in [-0.15, -0.1) is 0 Å². The quantitative estimate of drug-likeness (QED) is 0.567. The first kappa shape index (κ1) is 16.5. The van der Waals surface area contributed by atoms with Gasteiger partial charge in [-0.25, -0.2) is 0 Å². The van der Waals surface area contributed by atoms with Crippen LogP contribution in [0.5, 0.6) is 0 Å². The zero-order chi connectivity index (χ0) is 15.0. The lowest BCUT2D eigenvalue weighted by molar-refractivity contribution is 0.0719. The van der Waals surface area contributed by atoms with E-state index in [4.69, 9.17) is 10.8 Å². The number of hydrogen-bond donors (Lipinski definition) is 2. The van der Waals surface area contributed by atoms with E-state index in [2.05, 4.69) is 6.92 Å². The number of carbonyl (C=O) groups is 1. The largest absolute Gasteiger partial charge is 0.398 e. The molecule has 0 heterocycles. The van der Waals surface area contributed by atoms with Gasteiger partial charge in [-0.05, 0) is 25.0 Å². The Hall–Kier alpha value is -1.55. The second kappa shape index (κ2) is 8.59. The second-order valence-electron chi connectivity index (χ2n) is 5.11. The van der Waals surface area contributed by atoms with Crippen LogP contribution >= 0.6 is 0 Å². The number of nitrogen functional groups attached to an aromatic ring is 1. The van der Waals surface area contributed by atoms with E-state index in [1.807, 2.05) is 19.1 Å². The first-order chi connectivity index (χ1) is 9.61. The van der Waals surface area contributed by atoms with Gasteiger partial charge in [-0.1, -0.05) is 38.3 Å². The van der Waals surface area contributed by atoms with Crippen LogP contribution in [0.4, 0.5) is 5.69 Å². The molecule has 0 aliphatic rings. The summed E-state index contributed by atoms with van der Waals surface area (Å²) in [4.78, 5) is 14.2. The van der Waals surface area contributed by atoms with E-state index in [0.717, 1.165) is 18.4 Å². The van der Waals surface area contributed by atoms with E-state index in [1.54, 1.807) is 11.0 Å². The lowest BCUT2D eigenvalue weighted by Gasteiger charge is -2.23. The number of nitrogens with two attached hydrogens (primary N) is 1. The molecular weight excluding hydrogens is 252 g/mol. The van der Waals surface area contributed by atoms with Crippen molar-refractivity contribution < 1.29 is 9.90 Å². The number of aliphatic hydroxyl groups excluding tert-OH is 1. The summed E-state index contributed by atoms with van der Waals surface area (Å²) in [6, 6.07) is 5.48. The van der Waals surface area contributed by atoms with Crippen LogP contribution in [-0.2, 0) is 0 Å². The number of anilines is 1. The zero-order valence-corrected chi connectivity index (χ0v) is 12.6. The Labute approximate surface area is 121 Å². The van der Waals surface area contributed by atoms with E-state index >= 15 is 0 Å². The lowest BCUT2D eigenvalue weighted by atomic mass is 10.1. The smallest absolute Gasteiger partial charge is 0.256 e. The molecule has 0 aliphatic carbocycles. The van der Waals surface area contributed by atoms with Crippen molar-refractivity contribution >= 4 is 11.6 Å². The Morgan fingerprint density at radius 1 is 1.25 bits per heavy atom. The Morgan fingerprint density at radius 2 is 2.00 bits per heavy atom. The van der Waals surface area contributed by atoms with Crippen LogP contribution in [0.3, 0.4) is 0 Å². The van der Waals surface area contributed by atoms with E-state index in [9.17, 15) is 4.79 Å². The summed E-state index contributed by atoms with van der Waals surface area (Å²) in [7, 11) is 0. The van der Waals surface area contributed by atoms with Crippen LogP contribution in [-0.4, -0.2) is 35.6 Å². The van der Waals surface area contributed by atoms with Crippen molar-refractivity contribution in [2.75, 3.05) is 25.4 Å². The maximum atomic E-state index is 12.5. The lowest BCUT2D eigenvalue weighted by Crippen LogP contribution is -2.35. The number of nitrogens with zero attached hydrogens (tertiary/aromatic N) is 1. The van der Waals surface area contributed by atoms with Crippen molar-refractivity contribution in [2.45, 2.75) is 39.5 Å². The predicted molar refractivity (Wildman–Crippen MR) is 82.7 cm³/mol. The summed E-state index contributed by atoms with van der Waals surface area (Å²) in [5.74, 6) is -0.0863. The molecule has 0 spiro atoms. The van der Waals surface area contributed by atoms with Gasteiger partial charge in [0.15, 0.2) is 0 Å². The first-order valence-corrected chi connectivity index (χ1v) is 7.37. The Kier molecular flexibility index (Phi) is 7.09. The number of rotatable bonds is 8. The molecule has 0 radical (unpaired) electrons. The normalized spacial score (nSPS) is 10.6. The zero-order valence-electron chi connectivity index (χ0n) is 12.6. The number of unbranched alkanes of at least 4 members (excludes halogenated alkanes) is 3. The highest BCUT2D eigenvalue weighted by atomic mass is 16.3. The molecule has 0 saturated carbocycles. The van der Waals surface area contributed by atoms with Crippen molar-refractivity contribution in [3.63, 3.8) is 0 Å². The van der Waals surface area contributed by atoms with Gasteiger partial charge in [0.05, 0.1) is 12.2 Å². The highest BCUT2D eigenvalue weighted by molar-refractivity contribution is 5.99. The fourth-order valence-corrected chi connectivity index (χ4v) is 2.20. The minimum atomic E-state index is -0.0863. The Balaban J connectivity index is 2.74. The monoisotopic (exact) mass is 278 g/mol. The van der Waals surface area contributed by atoms with Crippen molar-refractivity contribution in [2.24, 2.45) is 0 Å². The number of hydrogen-bond acceptors (Lipinski definition) is 3. The maximum Gasteiger partial charge on any atom is 0.256 e. The Morgan fingerprint density at radius 3 is 2.65 bits per heavy atom. The van der Waals surface area contributed by atoms with Gasteiger partial charge >= 0.3 is 0 Å². The van der Waals surface area contributed by atoms with Crippen molar-refractivity contribution in [3.05, 3.63) is 29.3 Å². The standard InChI is InChI=1S/C16H26N2O2/c1-3-4-5-6-10-18(11-12-19)16(20)14-9-7-8-13(2)15(14)17/h7-9,19H,3-6,10-12,17H2,1-2H3. The van der Waals surface area contributed by atoms with Gasteiger partial charge in [0.1, 0.15) is 0 Å². The van der Waals surface area contributed by atoms with E-state index in [1.165, 1.54) is 12.8 Å². The molecule has 0 atom stereocenters. The number of para-hydroxylation sites is 1. The van der Waals surface area contributed by atoms with Crippen LogP contribution in [0.25, 0.3) is 0 Å². The third-order valence-corrected chi connectivity index (χ3v) is 3.49. The SMILES string of the molecule is CCCCCCN(CCO)C(=O)c1cccc(C)c1N. The molecule has 0 bridgehead atoms. The molecule has 1 aromatic carbocycles. The van der Waals surface area contributed by atoms with E-state index in [0.29, 0.717) is 24.3 Å². The van der Waals surface area contributed by atoms with Gasteiger partial charge in [0.2, 0.25) is 0 Å². The van der Waals surface area contributed by atoms with Gasteiger partial charge < -0.3 is 15.7 Å². The third-order valence-electron chi connectivity index (χ3n) is 3.49. The number of carbonyl (C=O) groups excluding carboxylic acids is 1. The van der Waals surface area contributed by atoms with Gasteiger partial charge in [-0.2, -0.15) is 0 Å². The number of aliphatic hydroxyl groups is 1. The van der Waals surface area contributed by atoms with Gasteiger partial charge in [0, 0.05) is 18.8 Å². The molecule has 112 valence electrons. The fraction of sp³-hybridized carbons (Fsp3) is 0.562. The number of amides is 1. The van der Waals surface area contributed by atoms with E-state index in [-0.39, 0.29) is 12.5 Å². The average Bonchev–Trinajstić information content (AvgIpc) is 2.44. The molecule has 4 nitrogen and oxygen atoms in total. The second-order valence-corrected chi connectivity index (χ2v) is 5.11. The minimum absolute atomic E-state index is 0.0226. The number of aryl methyl sites for hydroxylation is 1. The average molecular weight is 278 g/mol.